The molecule has 0 unspecified atom stereocenters. The minimum Gasteiger partial charge on any atom is -0.429 e. The van der Waals surface area contributed by atoms with Gasteiger partial charge in [0, 0.05) is 5.56 Å². The molecule has 0 saturated heterocycles. The van der Waals surface area contributed by atoms with Crippen molar-refractivity contribution in [3.63, 3.8) is 0 Å². The lowest BCUT2D eigenvalue weighted by Gasteiger charge is -2.27. The molecular weight excluding hydrogens is 552 g/mol. The number of halogens is 8. The molecule has 0 atom stereocenters. The van der Waals surface area contributed by atoms with Crippen LogP contribution in [0.3, 0.4) is 0 Å². The van der Waals surface area contributed by atoms with Crippen molar-refractivity contribution < 1.29 is 39.9 Å². The largest absolute Gasteiger partial charge is 0.429 e. The Kier molecular flexibility index (Phi) is 7.81. The van der Waals surface area contributed by atoms with Crippen molar-refractivity contribution >= 4 is 0 Å². The van der Waals surface area contributed by atoms with E-state index in [9.17, 15) is 35.1 Å². The van der Waals surface area contributed by atoms with Gasteiger partial charge in [0.25, 0.3) is 0 Å². The molecule has 1 aliphatic rings. The van der Waals surface area contributed by atoms with Crippen LogP contribution in [-0.2, 0) is 6.11 Å². The molecule has 4 aromatic carbocycles. The van der Waals surface area contributed by atoms with E-state index in [0.29, 0.717) is 42.0 Å². The summed E-state index contributed by atoms with van der Waals surface area (Å²) in [6, 6.07) is 12.1. The maximum Gasteiger partial charge on any atom is 0.429 e. The first-order valence-electron chi connectivity index (χ1n) is 13.0. The Balaban J connectivity index is 1.33. The number of ether oxygens (including phenoxy) is 1. The summed E-state index contributed by atoms with van der Waals surface area (Å²) in [6.45, 7) is 2.08. The summed E-state index contributed by atoms with van der Waals surface area (Å²) < 4.78 is 119. The summed E-state index contributed by atoms with van der Waals surface area (Å²) in [5.41, 5.74) is -0.838. The lowest BCUT2D eigenvalue weighted by Crippen LogP contribution is -2.24. The fraction of sp³-hybridized carbons (Fsp3) is 0.250. The molecule has 9 heteroatoms. The highest BCUT2D eigenvalue weighted by atomic mass is 19.3. The number of hydrogen-bond donors (Lipinski definition) is 0. The predicted octanol–water partition coefficient (Wildman–Crippen LogP) is 10.3. The Labute approximate surface area is 231 Å². The van der Waals surface area contributed by atoms with Crippen LogP contribution < -0.4 is 4.74 Å². The molecule has 0 bridgehead atoms. The highest BCUT2D eigenvalue weighted by Gasteiger charge is 2.40. The van der Waals surface area contributed by atoms with E-state index in [1.54, 1.807) is 0 Å². The van der Waals surface area contributed by atoms with Crippen LogP contribution >= 0.6 is 0 Å². The van der Waals surface area contributed by atoms with Gasteiger partial charge >= 0.3 is 6.11 Å². The molecule has 5 rings (SSSR count). The number of hydrogen-bond acceptors (Lipinski definition) is 1. The van der Waals surface area contributed by atoms with Crippen molar-refractivity contribution in [2.45, 2.75) is 44.6 Å². The highest BCUT2D eigenvalue weighted by Crippen LogP contribution is 2.40. The summed E-state index contributed by atoms with van der Waals surface area (Å²) in [7, 11) is 0. The van der Waals surface area contributed by atoms with Crippen LogP contribution in [0.4, 0.5) is 35.1 Å². The van der Waals surface area contributed by atoms with Crippen LogP contribution in [0.5, 0.6) is 5.75 Å². The van der Waals surface area contributed by atoms with E-state index in [1.165, 1.54) is 30.3 Å². The third-order valence-electron chi connectivity index (χ3n) is 7.58. The first kappa shape index (κ1) is 28.6. The smallest absolute Gasteiger partial charge is 0.429 e. The topological polar surface area (TPSA) is 9.23 Å². The van der Waals surface area contributed by atoms with E-state index in [4.69, 9.17) is 4.74 Å². The molecule has 0 radical (unpaired) electrons. The van der Waals surface area contributed by atoms with Gasteiger partial charge in [-0.3, -0.25) is 0 Å². The Morgan fingerprint density at radius 1 is 0.610 bits per heavy atom. The van der Waals surface area contributed by atoms with Gasteiger partial charge in [-0.25, -0.2) is 26.3 Å². The van der Waals surface area contributed by atoms with Gasteiger partial charge in [-0.2, -0.15) is 8.78 Å². The molecule has 1 saturated carbocycles. The zero-order valence-corrected chi connectivity index (χ0v) is 21.8. The average molecular weight is 577 g/mol. The Hall–Kier alpha value is -3.88. The van der Waals surface area contributed by atoms with Gasteiger partial charge in [-0.1, -0.05) is 50.1 Å². The van der Waals surface area contributed by atoms with Crippen LogP contribution in [0.25, 0.3) is 22.3 Å². The molecule has 1 nitrogen and oxygen atoms in total. The number of rotatable bonds is 6. The normalized spacial score (nSPS) is 17.5. The van der Waals surface area contributed by atoms with E-state index in [1.807, 2.05) is 0 Å². The van der Waals surface area contributed by atoms with Crippen molar-refractivity contribution in [2.24, 2.45) is 5.92 Å². The van der Waals surface area contributed by atoms with E-state index in [0.717, 1.165) is 37.1 Å². The van der Waals surface area contributed by atoms with Gasteiger partial charge in [-0.15, -0.1) is 0 Å². The zero-order valence-electron chi connectivity index (χ0n) is 21.8. The molecule has 41 heavy (non-hydrogen) atoms. The molecule has 0 heterocycles. The molecule has 0 aromatic heterocycles. The van der Waals surface area contributed by atoms with E-state index in [-0.39, 0.29) is 28.4 Å². The van der Waals surface area contributed by atoms with E-state index < -0.39 is 46.6 Å². The second-order valence-corrected chi connectivity index (χ2v) is 10.4. The molecule has 0 aliphatic heterocycles. The first-order valence-corrected chi connectivity index (χ1v) is 13.0. The summed E-state index contributed by atoms with van der Waals surface area (Å²) in [4.78, 5) is 0. The van der Waals surface area contributed by atoms with Gasteiger partial charge in [0.15, 0.2) is 29.1 Å². The van der Waals surface area contributed by atoms with Crippen molar-refractivity contribution in [2.75, 3.05) is 0 Å². The van der Waals surface area contributed by atoms with E-state index in [2.05, 4.69) is 6.92 Å². The van der Waals surface area contributed by atoms with Gasteiger partial charge < -0.3 is 4.74 Å². The van der Waals surface area contributed by atoms with Gasteiger partial charge in [0.2, 0.25) is 0 Å². The molecule has 1 aliphatic carbocycles. The summed E-state index contributed by atoms with van der Waals surface area (Å²) in [6.07, 6.45) is -1.15. The Morgan fingerprint density at radius 3 is 1.80 bits per heavy atom. The fourth-order valence-corrected chi connectivity index (χ4v) is 5.23. The quantitative estimate of drug-likeness (QED) is 0.164. The monoisotopic (exact) mass is 576 g/mol. The van der Waals surface area contributed by atoms with Crippen LogP contribution in [0.2, 0.25) is 0 Å². The minimum atomic E-state index is -4.18. The number of alkyl halides is 2. The predicted molar refractivity (Wildman–Crippen MR) is 138 cm³/mol. The second kappa shape index (κ2) is 11.2. The van der Waals surface area contributed by atoms with Crippen molar-refractivity contribution in [3.8, 4) is 28.0 Å². The minimum absolute atomic E-state index is 0.0891. The molecule has 0 N–H and O–H groups in total. The molecular formula is C32H24F8O. The third kappa shape index (κ3) is 5.80. The number of benzene rings is 4. The Bertz CT molecular complexity index is 1550. The first-order chi connectivity index (χ1) is 19.4. The summed E-state index contributed by atoms with van der Waals surface area (Å²) in [5, 5.41) is 0. The lowest BCUT2D eigenvalue weighted by atomic mass is 9.79. The van der Waals surface area contributed by atoms with Crippen molar-refractivity contribution in [3.05, 3.63) is 113 Å². The lowest BCUT2D eigenvalue weighted by molar-refractivity contribution is -0.187. The second-order valence-electron chi connectivity index (χ2n) is 10.4. The average Bonchev–Trinajstić information content (AvgIpc) is 2.93. The highest BCUT2D eigenvalue weighted by molar-refractivity contribution is 5.71. The molecule has 1 fully saturated rings. The Morgan fingerprint density at radius 2 is 1.20 bits per heavy atom. The van der Waals surface area contributed by atoms with Crippen LogP contribution in [-0.4, -0.2) is 0 Å². The van der Waals surface area contributed by atoms with Crippen molar-refractivity contribution in [1.29, 1.82) is 0 Å². The summed E-state index contributed by atoms with van der Waals surface area (Å²) >= 11 is 0. The SMILES string of the molecule is CC1CCC(c2ccc(C(F)(F)Oc3ccc(-c4ccc(-c5cc(F)c(F)c(F)c5)c(F)c4)cc3)c(F)c2F)CC1. The van der Waals surface area contributed by atoms with Crippen LogP contribution in [0.1, 0.15) is 49.7 Å². The maximum atomic E-state index is 14.9. The fourth-order valence-electron chi connectivity index (χ4n) is 5.23. The van der Waals surface area contributed by atoms with Crippen LogP contribution in [0, 0.1) is 40.8 Å². The molecule has 214 valence electrons. The molecule has 0 spiro atoms. The standard InChI is InChI=1S/C32H24F8O/c1-17-2-4-19(5-3-17)24-12-13-25(30(37)29(24)36)32(39,40)41-22-9-6-18(7-10-22)20-8-11-23(26(33)14-20)21-15-27(34)31(38)28(35)16-21/h6-17,19H,2-5H2,1H3. The molecule has 4 aromatic rings. The van der Waals surface area contributed by atoms with Gasteiger partial charge in [0.05, 0.1) is 0 Å². The maximum absolute atomic E-state index is 14.9. The zero-order chi connectivity index (χ0) is 29.5. The third-order valence-corrected chi connectivity index (χ3v) is 7.58. The van der Waals surface area contributed by atoms with E-state index >= 15 is 0 Å². The summed E-state index contributed by atoms with van der Waals surface area (Å²) in [5.74, 6) is -8.49. The van der Waals surface area contributed by atoms with Gasteiger partial charge in [-0.05, 0) is 83.3 Å². The molecule has 0 amide bonds. The van der Waals surface area contributed by atoms with Crippen molar-refractivity contribution in [1.82, 2.24) is 0 Å². The van der Waals surface area contributed by atoms with Crippen LogP contribution in [0.15, 0.2) is 66.7 Å². The van der Waals surface area contributed by atoms with Gasteiger partial charge in [0.1, 0.15) is 17.1 Å².